The molecule has 2 amide bonds. The highest BCUT2D eigenvalue weighted by Crippen LogP contribution is 2.29. The summed E-state index contributed by atoms with van der Waals surface area (Å²) in [5.74, 6) is 0.569. The zero-order valence-electron chi connectivity index (χ0n) is 16.1. The van der Waals surface area contributed by atoms with Crippen LogP contribution in [0.1, 0.15) is 17.7 Å². The van der Waals surface area contributed by atoms with E-state index in [4.69, 9.17) is 21.1 Å². The van der Waals surface area contributed by atoms with Crippen LogP contribution in [-0.2, 0) is 13.0 Å². The average Bonchev–Trinajstić information content (AvgIpc) is 3.17. The van der Waals surface area contributed by atoms with E-state index in [1.54, 1.807) is 18.5 Å². The first-order valence-electron chi connectivity index (χ1n) is 9.26. The molecule has 8 nitrogen and oxygen atoms in total. The van der Waals surface area contributed by atoms with E-state index in [1.807, 2.05) is 0 Å². The predicted octanol–water partition coefficient (Wildman–Crippen LogP) is 4.17. The summed E-state index contributed by atoms with van der Waals surface area (Å²) in [5.41, 5.74) is 2.51. The molecule has 30 heavy (non-hydrogen) atoms. The standard InChI is InChI=1S/C20H19ClFN5O3/c1-29-14-8-13(9-23-10-14)27(11-18-15-3-2-6-30-19(15)26-25-18)20(28)24-12-4-5-17(22)16(21)7-12/h4-5,7-10H,2-3,6,11H2,1H3,(H,24,28)(H,25,26). The fraction of sp³-hybridized carbons (Fsp3) is 0.250. The molecule has 2 N–H and O–H groups in total. The Labute approximate surface area is 177 Å². The van der Waals surface area contributed by atoms with Crippen LogP contribution in [0.25, 0.3) is 0 Å². The quantitative estimate of drug-likeness (QED) is 0.632. The molecule has 2 aromatic heterocycles. The number of amides is 2. The van der Waals surface area contributed by atoms with Gasteiger partial charge in [-0.1, -0.05) is 11.6 Å². The highest BCUT2D eigenvalue weighted by molar-refractivity contribution is 6.31. The summed E-state index contributed by atoms with van der Waals surface area (Å²) in [4.78, 5) is 18.8. The third kappa shape index (κ3) is 4.16. The topological polar surface area (TPSA) is 92.4 Å². The van der Waals surface area contributed by atoms with Gasteiger partial charge in [-0.25, -0.2) is 14.3 Å². The Morgan fingerprint density at radius 2 is 2.27 bits per heavy atom. The van der Waals surface area contributed by atoms with E-state index in [-0.39, 0.29) is 11.6 Å². The minimum absolute atomic E-state index is 0.0825. The van der Waals surface area contributed by atoms with Gasteiger partial charge in [0.25, 0.3) is 0 Å². The first kappa shape index (κ1) is 20.0. The molecule has 3 aromatic rings. The summed E-state index contributed by atoms with van der Waals surface area (Å²) in [7, 11) is 1.52. The molecular formula is C20H19ClFN5O3. The second-order valence-electron chi connectivity index (χ2n) is 6.66. The number of aromatic amines is 1. The molecule has 0 unspecified atom stereocenters. The van der Waals surface area contributed by atoms with E-state index in [1.165, 1.54) is 30.2 Å². The zero-order valence-corrected chi connectivity index (χ0v) is 16.9. The number of halogens is 2. The van der Waals surface area contributed by atoms with Gasteiger partial charge in [0.05, 0.1) is 49.1 Å². The molecule has 0 atom stereocenters. The third-order valence-corrected chi connectivity index (χ3v) is 4.99. The number of rotatable bonds is 5. The molecule has 0 bridgehead atoms. The number of carbonyl (C=O) groups excluding carboxylic acids is 1. The lowest BCUT2D eigenvalue weighted by Crippen LogP contribution is -2.35. The number of methoxy groups -OCH3 is 1. The van der Waals surface area contributed by atoms with Crippen molar-refractivity contribution in [3.8, 4) is 11.6 Å². The summed E-state index contributed by atoms with van der Waals surface area (Å²) in [6.07, 6.45) is 4.78. The highest BCUT2D eigenvalue weighted by atomic mass is 35.5. The third-order valence-electron chi connectivity index (χ3n) is 4.70. The van der Waals surface area contributed by atoms with Crippen molar-refractivity contribution in [1.29, 1.82) is 0 Å². The van der Waals surface area contributed by atoms with Crippen LogP contribution < -0.4 is 19.7 Å². The van der Waals surface area contributed by atoms with Crippen molar-refractivity contribution < 1.29 is 18.7 Å². The van der Waals surface area contributed by atoms with Crippen LogP contribution >= 0.6 is 11.6 Å². The van der Waals surface area contributed by atoms with Gasteiger partial charge in [-0.2, -0.15) is 5.10 Å². The minimum Gasteiger partial charge on any atom is -0.495 e. The molecule has 4 rings (SSSR count). The highest BCUT2D eigenvalue weighted by Gasteiger charge is 2.24. The number of carbonyl (C=O) groups is 1. The van der Waals surface area contributed by atoms with Crippen LogP contribution in [0, 0.1) is 5.82 Å². The Kier molecular flexibility index (Phi) is 5.71. The number of anilines is 2. The summed E-state index contributed by atoms with van der Waals surface area (Å²) < 4.78 is 24.3. The summed E-state index contributed by atoms with van der Waals surface area (Å²) >= 11 is 5.83. The van der Waals surface area contributed by atoms with Crippen LogP contribution in [0.3, 0.4) is 0 Å². The Morgan fingerprint density at radius 3 is 3.07 bits per heavy atom. The molecule has 156 valence electrons. The van der Waals surface area contributed by atoms with Gasteiger partial charge in [-0.05, 0) is 31.0 Å². The molecule has 0 saturated heterocycles. The molecule has 1 aliphatic heterocycles. The van der Waals surface area contributed by atoms with E-state index in [0.717, 1.165) is 18.4 Å². The van der Waals surface area contributed by atoms with Gasteiger partial charge in [-0.15, -0.1) is 0 Å². The van der Waals surface area contributed by atoms with Crippen molar-refractivity contribution in [2.24, 2.45) is 0 Å². The van der Waals surface area contributed by atoms with Crippen molar-refractivity contribution in [3.63, 3.8) is 0 Å². The monoisotopic (exact) mass is 431 g/mol. The number of urea groups is 1. The van der Waals surface area contributed by atoms with E-state index < -0.39 is 11.8 Å². The molecule has 10 heteroatoms. The van der Waals surface area contributed by atoms with Gasteiger partial charge < -0.3 is 14.8 Å². The molecule has 3 heterocycles. The van der Waals surface area contributed by atoms with Gasteiger partial charge in [0.2, 0.25) is 5.88 Å². The number of fused-ring (bicyclic) bond motifs is 1. The Balaban J connectivity index is 1.65. The number of hydrogen-bond donors (Lipinski definition) is 2. The maximum absolute atomic E-state index is 13.5. The van der Waals surface area contributed by atoms with E-state index in [9.17, 15) is 9.18 Å². The number of nitrogens with zero attached hydrogens (tertiary/aromatic N) is 3. The minimum atomic E-state index is -0.563. The lowest BCUT2D eigenvalue weighted by molar-refractivity contribution is 0.256. The SMILES string of the molecule is COc1cncc(N(Cc2n[nH]c3c2CCCO3)C(=O)Nc2ccc(F)c(Cl)c2)c1. The molecule has 0 radical (unpaired) electrons. The Morgan fingerprint density at radius 1 is 1.40 bits per heavy atom. The normalized spacial score (nSPS) is 12.6. The molecule has 1 aromatic carbocycles. The van der Waals surface area contributed by atoms with Crippen LogP contribution in [0.5, 0.6) is 11.6 Å². The fourth-order valence-electron chi connectivity index (χ4n) is 3.18. The average molecular weight is 432 g/mol. The molecule has 0 aliphatic carbocycles. The van der Waals surface area contributed by atoms with Gasteiger partial charge in [0.1, 0.15) is 11.6 Å². The van der Waals surface area contributed by atoms with Gasteiger partial charge in [-0.3, -0.25) is 9.88 Å². The van der Waals surface area contributed by atoms with Crippen molar-refractivity contribution >= 4 is 29.0 Å². The lowest BCUT2D eigenvalue weighted by Gasteiger charge is -2.23. The zero-order chi connectivity index (χ0) is 21.1. The van der Waals surface area contributed by atoms with Crippen molar-refractivity contribution in [2.45, 2.75) is 19.4 Å². The van der Waals surface area contributed by atoms with Crippen molar-refractivity contribution in [1.82, 2.24) is 15.2 Å². The number of ether oxygens (including phenoxy) is 2. The Hall–Kier alpha value is -3.33. The van der Waals surface area contributed by atoms with Crippen LogP contribution in [0.2, 0.25) is 5.02 Å². The van der Waals surface area contributed by atoms with Crippen LogP contribution in [0.15, 0.2) is 36.7 Å². The van der Waals surface area contributed by atoms with E-state index >= 15 is 0 Å². The number of aromatic nitrogens is 3. The molecular weight excluding hydrogens is 413 g/mol. The number of nitrogens with one attached hydrogen (secondary N) is 2. The molecule has 1 aliphatic rings. The molecule has 0 spiro atoms. The lowest BCUT2D eigenvalue weighted by atomic mass is 10.1. The van der Waals surface area contributed by atoms with Gasteiger partial charge in [0, 0.05) is 17.3 Å². The van der Waals surface area contributed by atoms with Crippen molar-refractivity contribution in [2.75, 3.05) is 23.9 Å². The number of benzene rings is 1. The van der Waals surface area contributed by atoms with Crippen LogP contribution in [-0.4, -0.2) is 34.9 Å². The number of H-pyrrole nitrogens is 1. The Bertz CT molecular complexity index is 1070. The van der Waals surface area contributed by atoms with E-state index in [2.05, 4.69) is 20.5 Å². The maximum Gasteiger partial charge on any atom is 0.326 e. The summed E-state index contributed by atoms with van der Waals surface area (Å²) in [5, 5.41) is 9.86. The second-order valence-corrected chi connectivity index (χ2v) is 7.07. The fourth-order valence-corrected chi connectivity index (χ4v) is 3.36. The number of hydrogen-bond acceptors (Lipinski definition) is 5. The molecule has 0 saturated carbocycles. The smallest absolute Gasteiger partial charge is 0.326 e. The summed E-state index contributed by atoms with van der Waals surface area (Å²) in [6.45, 7) is 0.800. The van der Waals surface area contributed by atoms with Gasteiger partial charge in [0.15, 0.2) is 0 Å². The summed E-state index contributed by atoms with van der Waals surface area (Å²) in [6, 6.07) is 5.21. The first-order valence-corrected chi connectivity index (χ1v) is 9.64. The number of pyridine rings is 1. The van der Waals surface area contributed by atoms with Crippen LogP contribution in [0.4, 0.5) is 20.6 Å². The first-order chi connectivity index (χ1) is 14.5. The second kappa shape index (κ2) is 8.58. The predicted molar refractivity (Wildman–Crippen MR) is 110 cm³/mol. The largest absolute Gasteiger partial charge is 0.495 e. The van der Waals surface area contributed by atoms with E-state index in [0.29, 0.717) is 35.3 Å². The van der Waals surface area contributed by atoms with Gasteiger partial charge >= 0.3 is 6.03 Å². The van der Waals surface area contributed by atoms with Crippen molar-refractivity contribution in [3.05, 3.63) is 58.8 Å². The molecule has 0 fully saturated rings. The maximum atomic E-state index is 13.5.